The number of hydrogen-bond donors (Lipinski definition) is 2. The minimum absolute atomic E-state index is 0.0374. The monoisotopic (exact) mass is 485 g/mol. The highest BCUT2D eigenvalue weighted by Gasteiger charge is 2.58. The molecule has 0 aliphatic carbocycles. The second-order valence-electron chi connectivity index (χ2n) is 6.38. The molecule has 0 aliphatic heterocycles. The summed E-state index contributed by atoms with van der Waals surface area (Å²) in [7, 11) is 0. The van der Waals surface area contributed by atoms with Crippen molar-refractivity contribution in [1.82, 2.24) is 4.57 Å². The maximum absolute atomic E-state index is 13.3. The van der Waals surface area contributed by atoms with Gasteiger partial charge >= 0.3 is 17.4 Å². The zero-order chi connectivity index (χ0) is 22.4. The summed E-state index contributed by atoms with van der Waals surface area (Å²) in [6, 6.07) is 5.41. The molecule has 2 N–H and O–H groups in total. The molecule has 0 atom stereocenters. The number of rotatable bonds is 6. The van der Waals surface area contributed by atoms with Crippen molar-refractivity contribution in [1.29, 1.82) is 0 Å². The molecular weight excluding hydrogens is 473 g/mol. The van der Waals surface area contributed by atoms with Gasteiger partial charge in [-0.1, -0.05) is 11.6 Å². The molecule has 0 spiro atoms. The van der Waals surface area contributed by atoms with Gasteiger partial charge in [0.15, 0.2) is 0 Å². The Labute approximate surface area is 179 Å². The molecule has 1 aromatic carbocycles. The number of benzene rings is 1. The lowest BCUT2D eigenvalue weighted by atomic mass is 10.1. The number of alkyl halides is 5. The molecule has 0 aliphatic rings. The highest BCUT2D eigenvalue weighted by atomic mass is 35.5. The fraction of sp³-hybridized carbons (Fsp3) is 0.278. The number of halogens is 6. The van der Waals surface area contributed by atoms with Gasteiger partial charge in [-0.15, -0.1) is 11.3 Å². The number of thioether (sulfide) groups is 1. The van der Waals surface area contributed by atoms with Crippen LogP contribution in [0, 0.1) is 6.92 Å². The Balaban J connectivity index is 1.99. The van der Waals surface area contributed by atoms with E-state index in [0.717, 1.165) is 11.3 Å². The van der Waals surface area contributed by atoms with Crippen molar-refractivity contribution in [3.05, 3.63) is 45.4 Å². The molecule has 2 heterocycles. The molecule has 30 heavy (non-hydrogen) atoms. The average Bonchev–Trinajstić information content (AvgIpc) is 3.13. The zero-order valence-electron chi connectivity index (χ0n) is 15.1. The normalized spacial score (nSPS) is 12.6. The van der Waals surface area contributed by atoms with Crippen molar-refractivity contribution in [3.8, 4) is 5.75 Å². The van der Waals surface area contributed by atoms with E-state index in [9.17, 15) is 37.0 Å². The Hall–Kier alpha value is -1.98. The number of carbonyl (C=O) groups is 1. The molecule has 3 rings (SSSR count). The minimum Gasteiger partial charge on any atom is -0.506 e. The molecule has 2 aromatic heterocycles. The maximum atomic E-state index is 13.3. The van der Waals surface area contributed by atoms with Gasteiger partial charge in [0.25, 0.3) is 0 Å². The predicted octanol–water partition coefficient (Wildman–Crippen LogP) is 6.29. The fourth-order valence-corrected chi connectivity index (χ4v) is 5.16. The molecule has 0 unspecified atom stereocenters. The predicted molar refractivity (Wildman–Crippen MR) is 105 cm³/mol. The Morgan fingerprint density at radius 2 is 1.90 bits per heavy atom. The standard InChI is InChI=1S/C18H13ClF5NO3S2/c1-8-10(5-15(27)28)11-4-14(26)12(19)6-13(11)25(8)7-9-2-3-16(29-9)30-18(23,24)17(20,21)22/h2-4,6,26H,5,7H2,1H3,(H,27,28). The quantitative estimate of drug-likeness (QED) is 0.318. The third-order valence-electron chi connectivity index (χ3n) is 4.36. The first-order valence-electron chi connectivity index (χ1n) is 8.24. The van der Waals surface area contributed by atoms with E-state index in [1.54, 1.807) is 11.5 Å². The summed E-state index contributed by atoms with van der Waals surface area (Å²) in [4.78, 5) is 11.7. The van der Waals surface area contributed by atoms with E-state index in [1.165, 1.54) is 24.3 Å². The SMILES string of the molecule is Cc1c(CC(=O)O)c2cc(O)c(Cl)cc2n1Cc1ccc(SC(F)(F)C(F)(F)F)s1. The molecule has 0 radical (unpaired) electrons. The summed E-state index contributed by atoms with van der Waals surface area (Å²) < 4.78 is 65.3. The van der Waals surface area contributed by atoms with Crippen LogP contribution in [0.2, 0.25) is 5.02 Å². The number of nitrogens with zero attached hydrogens (tertiary/aromatic N) is 1. The number of aliphatic carboxylic acids is 1. The number of fused-ring (bicyclic) bond motifs is 1. The molecule has 162 valence electrons. The van der Waals surface area contributed by atoms with E-state index in [1.807, 2.05) is 0 Å². The fourth-order valence-electron chi connectivity index (χ4n) is 2.97. The van der Waals surface area contributed by atoms with Crippen molar-refractivity contribution in [2.75, 3.05) is 0 Å². The van der Waals surface area contributed by atoms with Crippen LogP contribution in [-0.2, 0) is 17.8 Å². The van der Waals surface area contributed by atoms with Crippen LogP contribution in [0.15, 0.2) is 28.5 Å². The third kappa shape index (κ3) is 4.37. The molecule has 0 amide bonds. The van der Waals surface area contributed by atoms with E-state index in [4.69, 9.17) is 11.6 Å². The summed E-state index contributed by atoms with van der Waals surface area (Å²) in [6.07, 6.45) is -5.99. The van der Waals surface area contributed by atoms with Gasteiger partial charge in [0.2, 0.25) is 0 Å². The molecule has 0 fully saturated rings. The first kappa shape index (κ1) is 22.7. The summed E-state index contributed by atoms with van der Waals surface area (Å²) in [6.45, 7) is 1.76. The lowest BCUT2D eigenvalue weighted by molar-refractivity contribution is -0.237. The summed E-state index contributed by atoms with van der Waals surface area (Å²) in [5, 5.41) is 14.7. The van der Waals surface area contributed by atoms with Crippen LogP contribution in [0.4, 0.5) is 22.0 Å². The van der Waals surface area contributed by atoms with Gasteiger partial charge in [-0.25, -0.2) is 0 Å². The molecule has 4 nitrogen and oxygen atoms in total. The number of hydrogen-bond acceptors (Lipinski definition) is 4. The topological polar surface area (TPSA) is 62.5 Å². The van der Waals surface area contributed by atoms with Crippen molar-refractivity contribution in [2.24, 2.45) is 0 Å². The second-order valence-corrected chi connectivity index (χ2v) is 9.37. The van der Waals surface area contributed by atoms with E-state index in [2.05, 4.69) is 0 Å². The van der Waals surface area contributed by atoms with Gasteiger partial charge in [-0.05, 0) is 48.5 Å². The molecule has 3 aromatic rings. The second kappa shape index (κ2) is 7.93. The van der Waals surface area contributed by atoms with Crippen LogP contribution in [0.25, 0.3) is 10.9 Å². The highest BCUT2D eigenvalue weighted by Crippen LogP contribution is 2.49. The summed E-state index contributed by atoms with van der Waals surface area (Å²) >= 11 is 6.19. The zero-order valence-corrected chi connectivity index (χ0v) is 17.4. The summed E-state index contributed by atoms with van der Waals surface area (Å²) in [5.74, 6) is -1.31. The van der Waals surface area contributed by atoms with Crippen molar-refractivity contribution in [2.45, 2.75) is 35.5 Å². The lowest BCUT2D eigenvalue weighted by Crippen LogP contribution is -2.32. The van der Waals surface area contributed by atoms with E-state index >= 15 is 0 Å². The van der Waals surface area contributed by atoms with Gasteiger partial charge in [0.05, 0.1) is 27.7 Å². The van der Waals surface area contributed by atoms with Gasteiger partial charge in [0.1, 0.15) is 5.75 Å². The number of phenolic OH excluding ortho intramolecular Hbond substituents is 1. The lowest BCUT2D eigenvalue weighted by Gasteiger charge is -2.17. The highest BCUT2D eigenvalue weighted by molar-refractivity contribution is 8.02. The number of thiophene rings is 1. The first-order chi connectivity index (χ1) is 13.8. The van der Waals surface area contributed by atoms with Crippen LogP contribution in [0.1, 0.15) is 16.1 Å². The van der Waals surface area contributed by atoms with Crippen molar-refractivity contribution in [3.63, 3.8) is 0 Å². The van der Waals surface area contributed by atoms with Crippen LogP contribution >= 0.6 is 34.7 Å². The van der Waals surface area contributed by atoms with Crippen molar-refractivity contribution >= 4 is 51.6 Å². The number of carboxylic acid groups (broad SMARTS) is 1. The number of phenols is 1. The molecule has 0 saturated heterocycles. The third-order valence-corrected chi connectivity index (χ3v) is 6.85. The van der Waals surface area contributed by atoms with Gasteiger partial charge < -0.3 is 14.8 Å². The summed E-state index contributed by atoms with van der Waals surface area (Å²) in [5.41, 5.74) is 1.51. The van der Waals surface area contributed by atoms with Gasteiger partial charge in [-0.2, -0.15) is 22.0 Å². The number of aromatic nitrogens is 1. The molecule has 0 bridgehead atoms. The van der Waals surface area contributed by atoms with Gasteiger partial charge in [0, 0.05) is 16.0 Å². The van der Waals surface area contributed by atoms with Crippen molar-refractivity contribution < 1.29 is 37.0 Å². The van der Waals surface area contributed by atoms with E-state index < -0.39 is 29.2 Å². The maximum Gasteiger partial charge on any atom is 0.464 e. The van der Waals surface area contributed by atoms with Gasteiger partial charge in [-0.3, -0.25) is 4.79 Å². The Morgan fingerprint density at radius 3 is 2.50 bits per heavy atom. The molecular formula is C18H13ClF5NO3S2. The van der Waals surface area contributed by atoms with E-state index in [0.29, 0.717) is 27.0 Å². The smallest absolute Gasteiger partial charge is 0.464 e. The average molecular weight is 486 g/mol. The number of aromatic hydroxyl groups is 1. The molecule has 0 saturated carbocycles. The Morgan fingerprint density at radius 1 is 1.23 bits per heavy atom. The van der Waals surface area contributed by atoms with Crippen LogP contribution in [0.5, 0.6) is 5.75 Å². The van der Waals surface area contributed by atoms with E-state index in [-0.39, 0.29) is 27.9 Å². The molecule has 12 heteroatoms. The van der Waals surface area contributed by atoms with Crippen LogP contribution < -0.4 is 0 Å². The van der Waals surface area contributed by atoms with Crippen LogP contribution in [-0.4, -0.2) is 32.2 Å². The largest absolute Gasteiger partial charge is 0.506 e. The van der Waals surface area contributed by atoms with Crippen LogP contribution in [0.3, 0.4) is 0 Å². The first-order valence-corrected chi connectivity index (χ1v) is 10.3. The Bertz CT molecular complexity index is 1120. The Kier molecular flexibility index (Phi) is 6.00. The number of carboxylic acids is 1. The minimum atomic E-state index is -5.67.